The largest absolute Gasteiger partial charge is 0.341 e. The van der Waals surface area contributed by atoms with Gasteiger partial charge in [-0.1, -0.05) is 6.92 Å². The molecule has 0 unspecified atom stereocenters. The van der Waals surface area contributed by atoms with Crippen LogP contribution in [0.4, 0.5) is 0 Å². The molecule has 0 saturated carbocycles. The molecule has 0 atom stereocenters. The second-order valence-electron chi connectivity index (χ2n) is 3.67. The quantitative estimate of drug-likeness (QED) is 0.740. The lowest BCUT2D eigenvalue weighted by atomic mass is 10.3. The molecular formula is C11H16N4. The molecule has 2 aromatic rings. The molecule has 2 N–H and O–H groups in total. The van der Waals surface area contributed by atoms with E-state index in [1.54, 1.807) is 0 Å². The van der Waals surface area contributed by atoms with Gasteiger partial charge in [0.1, 0.15) is 5.82 Å². The van der Waals surface area contributed by atoms with Gasteiger partial charge in [0.05, 0.1) is 5.52 Å². The van der Waals surface area contributed by atoms with Crippen LogP contribution >= 0.6 is 0 Å². The Morgan fingerprint density at radius 2 is 2.33 bits per heavy atom. The minimum absolute atomic E-state index is 0.812. The first-order valence-corrected chi connectivity index (χ1v) is 5.31. The van der Waals surface area contributed by atoms with Crippen LogP contribution in [0.5, 0.6) is 0 Å². The molecule has 0 spiro atoms. The van der Waals surface area contributed by atoms with E-state index in [2.05, 4.69) is 33.3 Å². The first-order valence-electron chi connectivity index (χ1n) is 5.31. The monoisotopic (exact) mass is 204 g/mol. The van der Waals surface area contributed by atoms with E-state index in [1.165, 1.54) is 0 Å². The van der Waals surface area contributed by atoms with Crippen molar-refractivity contribution in [3.05, 3.63) is 23.7 Å². The summed E-state index contributed by atoms with van der Waals surface area (Å²) in [6.07, 6.45) is 2.76. The molecule has 2 aromatic heterocycles. The van der Waals surface area contributed by atoms with Crippen molar-refractivity contribution in [2.45, 2.75) is 20.3 Å². The van der Waals surface area contributed by atoms with Crippen LogP contribution in [0, 0.1) is 6.92 Å². The van der Waals surface area contributed by atoms with E-state index in [9.17, 15) is 0 Å². The smallest absolute Gasteiger partial charge is 0.177 e. The molecule has 4 nitrogen and oxygen atoms in total. The van der Waals surface area contributed by atoms with Gasteiger partial charge in [-0.2, -0.15) is 0 Å². The minimum Gasteiger partial charge on any atom is -0.341 e. The molecule has 15 heavy (non-hydrogen) atoms. The minimum atomic E-state index is 0.812. The van der Waals surface area contributed by atoms with Gasteiger partial charge in [-0.3, -0.25) is 0 Å². The van der Waals surface area contributed by atoms with Crippen molar-refractivity contribution in [1.82, 2.24) is 20.3 Å². The number of hydrogen-bond donors (Lipinski definition) is 2. The number of likely N-dealkylation sites (N-methyl/N-ethyl adjacent to an activating group) is 1. The average molecular weight is 204 g/mol. The van der Waals surface area contributed by atoms with Crippen LogP contribution < -0.4 is 5.32 Å². The van der Waals surface area contributed by atoms with Gasteiger partial charge in [0.25, 0.3) is 0 Å². The molecule has 4 heteroatoms. The number of aromatic nitrogens is 3. The Balaban J connectivity index is 2.16. The third-order valence-corrected chi connectivity index (χ3v) is 2.31. The molecule has 0 bridgehead atoms. The van der Waals surface area contributed by atoms with E-state index in [0.717, 1.165) is 42.1 Å². The highest BCUT2D eigenvalue weighted by atomic mass is 15.0. The molecule has 0 radical (unpaired) electrons. The van der Waals surface area contributed by atoms with Crippen LogP contribution in [0.3, 0.4) is 0 Å². The molecule has 0 aromatic carbocycles. The maximum absolute atomic E-state index is 4.42. The van der Waals surface area contributed by atoms with E-state index in [0.29, 0.717) is 0 Å². The molecule has 0 amide bonds. The summed E-state index contributed by atoms with van der Waals surface area (Å²) in [7, 11) is 0. The summed E-state index contributed by atoms with van der Waals surface area (Å²) in [5.74, 6) is 1.00. The zero-order chi connectivity index (χ0) is 10.7. The molecule has 0 aliphatic rings. The maximum atomic E-state index is 4.42. The zero-order valence-corrected chi connectivity index (χ0v) is 9.17. The number of rotatable bonds is 4. The van der Waals surface area contributed by atoms with Crippen LogP contribution in [-0.4, -0.2) is 28.0 Å². The van der Waals surface area contributed by atoms with Crippen molar-refractivity contribution < 1.29 is 0 Å². The number of nitrogens with one attached hydrogen (secondary N) is 2. The van der Waals surface area contributed by atoms with Gasteiger partial charge in [-0.05, 0) is 25.1 Å². The molecule has 80 valence electrons. The number of aromatic amines is 1. The van der Waals surface area contributed by atoms with E-state index >= 15 is 0 Å². The Kier molecular flexibility index (Phi) is 2.97. The SMILES string of the molecule is CCNCCc1nc2ncc(C)cc2[nH]1. The summed E-state index contributed by atoms with van der Waals surface area (Å²) in [5, 5.41) is 3.27. The fourth-order valence-corrected chi connectivity index (χ4v) is 1.56. The van der Waals surface area contributed by atoms with Crippen LogP contribution in [0.2, 0.25) is 0 Å². The number of aryl methyl sites for hydroxylation is 1. The van der Waals surface area contributed by atoms with Gasteiger partial charge >= 0.3 is 0 Å². The Morgan fingerprint density at radius 1 is 1.47 bits per heavy atom. The highest BCUT2D eigenvalue weighted by molar-refractivity contribution is 5.70. The summed E-state index contributed by atoms with van der Waals surface area (Å²) in [4.78, 5) is 12.0. The summed E-state index contributed by atoms with van der Waals surface area (Å²) in [6, 6.07) is 2.08. The van der Waals surface area contributed by atoms with Crippen molar-refractivity contribution in [2.24, 2.45) is 0 Å². The van der Waals surface area contributed by atoms with Crippen molar-refractivity contribution in [1.29, 1.82) is 0 Å². The molecule has 0 aliphatic heterocycles. The Hall–Kier alpha value is -1.42. The predicted octanol–water partition coefficient (Wildman–Crippen LogP) is 1.42. The molecule has 0 saturated heterocycles. The van der Waals surface area contributed by atoms with Crippen molar-refractivity contribution in [3.63, 3.8) is 0 Å². The van der Waals surface area contributed by atoms with Crippen molar-refractivity contribution >= 4 is 11.2 Å². The van der Waals surface area contributed by atoms with E-state index < -0.39 is 0 Å². The van der Waals surface area contributed by atoms with Crippen LogP contribution in [0.1, 0.15) is 18.3 Å². The fourth-order valence-electron chi connectivity index (χ4n) is 1.56. The first kappa shape index (κ1) is 10.1. The van der Waals surface area contributed by atoms with Crippen molar-refractivity contribution in [3.8, 4) is 0 Å². The molecule has 0 aliphatic carbocycles. The first-order chi connectivity index (χ1) is 7.29. The van der Waals surface area contributed by atoms with E-state index in [1.807, 2.05) is 13.1 Å². The van der Waals surface area contributed by atoms with Gasteiger partial charge in [0, 0.05) is 19.2 Å². The highest BCUT2D eigenvalue weighted by Gasteiger charge is 2.02. The number of hydrogen-bond acceptors (Lipinski definition) is 3. The molecule has 2 rings (SSSR count). The summed E-state index contributed by atoms with van der Waals surface area (Å²) >= 11 is 0. The predicted molar refractivity (Wildman–Crippen MR) is 60.9 cm³/mol. The van der Waals surface area contributed by atoms with Crippen LogP contribution in [0.25, 0.3) is 11.2 Å². The zero-order valence-electron chi connectivity index (χ0n) is 9.17. The second-order valence-corrected chi connectivity index (χ2v) is 3.67. The average Bonchev–Trinajstić information content (AvgIpc) is 2.60. The third-order valence-electron chi connectivity index (χ3n) is 2.31. The topological polar surface area (TPSA) is 53.6 Å². The number of nitrogens with zero attached hydrogens (tertiary/aromatic N) is 2. The van der Waals surface area contributed by atoms with Crippen LogP contribution in [0.15, 0.2) is 12.3 Å². The lowest BCUT2D eigenvalue weighted by Crippen LogP contribution is -2.16. The number of pyridine rings is 1. The van der Waals surface area contributed by atoms with Gasteiger partial charge in [0.2, 0.25) is 0 Å². The summed E-state index contributed by atoms with van der Waals surface area (Å²) in [6.45, 7) is 6.09. The third kappa shape index (κ3) is 2.33. The highest BCUT2D eigenvalue weighted by Crippen LogP contribution is 2.10. The molecule has 0 fully saturated rings. The standard InChI is InChI=1S/C11H16N4/c1-3-12-5-4-10-14-9-6-8(2)7-13-11(9)15-10/h6-7,12H,3-5H2,1-2H3,(H,13,14,15). The lowest BCUT2D eigenvalue weighted by molar-refractivity contribution is 0.702. The fraction of sp³-hybridized carbons (Fsp3) is 0.455. The Morgan fingerprint density at radius 3 is 3.13 bits per heavy atom. The Bertz CT molecular complexity index is 447. The van der Waals surface area contributed by atoms with Crippen LogP contribution in [-0.2, 0) is 6.42 Å². The summed E-state index contributed by atoms with van der Waals surface area (Å²) in [5.41, 5.74) is 3.00. The number of imidazole rings is 1. The number of H-pyrrole nitrogens is 1. The Labute approximate surface area is 89.1 Å². The van der Waals surface area contributed by atoms with E-state index in [-0.39, 0.29) is 0 Å². The van der Waals surface area contributed by atoms with Gasteiger partial charge in [-0.15, -0.1) is 0 Å². The molecule has 2 heterocycles. The van der Waals surface area contributed by atoms with Gasteiger partial charge in [-0.25, -0.2) is 9.97 Å². The van der Waals surface area contributed by atoms with Gasteiger partial charge < -0.3 is 10.3 Å². The summed E-state index contributed by atoms with van der Waals surface area (Å²) < 4.78 is 0. The molecular weight excluding hydrogens is 188 g/mol. The number of fused-ring (bicyclic) bond motifs is 1. The van der Waals surface area contributed by atoms with Gasteiger partial charge in [0.15, 0.2) is 5.65 Å². The second kappa shape index (κ2) is 4.40. The normalized spacial score (nSPS) is 11.1. The maximum Gasteiger partial charge on any atom is 0.177 e. The lowest BCUT2D eigenvalue weighted by Gasteiger charge is -1.96. The van der Waals surface area contributed by atoms with E-state index in [4.69, 9.17) is 0 Å². The van der Waals surface area contributed by atoms with Crippen molar-refractivity contribution in [2.75, 3.05) is 13.1 Å².